The standard InChI is InChI=1S/C15H11Cl2N3OS/c1-21-11-5-3-10(4-6-11)20-14(18-19-15(20)22)12-7-2-9(16)8-13(12)17/h2-8H,1H3,(H,19,22). The summed E-state index contributed by atoms with van der Waals surface area (Å²) in [5.74, 6) is 1.39. The summed E-state index contributed by atoms with van der Waals surface area (Å²) in [5.41, 5.74) is 1.61. The molecule has 0 saturated heterocycles. The Morgan fingerprint density at radius 2 is 1.86 bits per heavy atom. The van der Waals surface area contributed by atoms with Gasteiger partial charge >= 0.3 is 0 Å². The molecule has 3 aromatic rings. The average Bonchev–Trinajstić information content (AvgIpc) is 2.89. The van der Waals surface area contributed by atoms with Crippen LogP contribution in [0.5, 0.6) is 5.75 Å². The Morgan fingerprint density at radius 3 is 2.50 bits per heavy atom. The Hall–Kier alpha value is -1.82. The second-order valence-electron chi connectivity index (χ2n) is 4.51. The summed E-state index contributed by atoms with van der Waals surface area (Å²) in [4.78, 5) is 0. The second-order valence-corrected chi connectivity index (χ2v) is 5.74. The highest BCUT2D eigenvalue weighted by Crippen LogP contribution is 2.30. The number of aromatic amines is 1. The number of nitrogens with zero attached hydrogens (tertiary/aromatic N) is 2. The number of halogens is 2. The maximum absolute atomic E-state index is 6.27. The molecule has 0 aliphatic rings. The van der Waals surface area contributed by atoms with Crippen molar-refractivity contribution in [2.45, 2.75) is 0 Å². The van der Waals surface area contributed by atoms with E-state index in [0.29, 0.717) is 20.6 Å². The van der Waals surface area contributed by atoms with Crippen molar-refractivity contribution in [3.63, 3.8) is 0 Å². The van der Waals surface area contributed by atoms with Gasteiger partial charge in [-0.2, -0.15) is 5.10 Å². The zero-order chi connectivity index (χ0) is 15.7. The van der Waals surface area contributed by atoms with Gasteiger partial charge in [0.2, 0.25) is 0 Å². The smallest absolute Gasteiger partial charge is 0.200 e. The fourth-order valence-corrected chi connectivity index (χ4v) is 2.85. The molecular weight excluding hydrogens is 341 g/mol. The molecule has 2 aromatic carbocycles. The summed E-state index contributed by atoms with van der Waals surface area (Å²) in [6.45, 7) is 0. The lowest BCUT2D eigenvalue weighted by Gasteiger charge is -2.09. The van der Waals surface area contributed by atoms with Crippen molar-refractivity contribution in [3.05, 3.63) is 57.3 Å². The van der Waals surface area contributed by atoms with Gasteiger partial charge < -0.3 is 4.74 Å². The normalized spacial score (nSPS) is 10.7. The average molecular weight is 352 g/mol. The van der Waals surface area contributed by atoms with E-state index >= 15 is 0 Å². The molecule has 0 amide bonds. The first-order chi connectivity index (χ1) is 10.6. The summed E-state index contributed by atoms with van der Waals surface area (Å²) in [7, 11) is 1.62. The first-order valence-electron chi connectivity index (χ1n) is 6.37. The van der Waals surface area contributed by atoms with Crippen LogP contribution in [-0.4, -0.2) is 21.9 Å². The fourth-order valence-electron chi connectivity index (χ4n) is 2.12. The lowest BCUT2D eigenvalue weighted by atomic mass is 10.2. The molecule has 0 fully saturated rings. The molecule has 0 bridgehead atoms. The van der Waals surface area contributed by atoms with E-state index in [-0.39, 0.29) is 0 Å². The number of aromatic nitrogens is 3. The molecule has 7 heteroatoms. The first kappa shape index (κ1) is 15.1. The number of hydrogen-bond acceptors (Lipinski definition) is 3. The van der Waals surface area contributed by atoms with Gasteiger partial charge in [-0.05, 0) is 54.7 Å². The molecule has 1 aromatic heterocycles. The fraction of sp³-hybridized carbons (Fsp3) is 0.0667. The molecule has 0 aliphatic heterocycles. The van der Waals surface area contributed by atoms with Gasteiger partial charge in [0.15, 0.2) is 10.6 Å². The van der Waals surface area contributed by atoms with Crippen molar-refractivity contribution in [1.82, 2.24) is 14.8 Å². The van der Waals surface area contributed by atoms with Crippen molar-refractivity contribution in [1.29, 1.82) is 0 Å². The molecule has 3 rings (SSSR count). The molecule has 0 unspecified atom stereocenters. The number of rotatable bonds is 3. The van der Waals surface area contributed by atoms with Crippen LogP contribution in [0.3, 0.4) is 0 Å². The van der Waals surface area contributed by atoms with E-state index in [1.807, 2.05) is 34.9 Å². The van der Waals surface area contributed by atoms with E-state index in [2.05, 4.69) is 10.2 Å². The molecular formula is C15H11Cl2N3OS. The Kier molecular flexibility index (Phi) is 4.20. The Morgan fingerprint density at radius 1 is 1.14 bits per heavy atom. The van der Waals surface area contributed by atoms with Crippen LogP contribution in [0.15, 0.2) is 42.5 Å². The Balaban J connectivity index is 2.16. The molecule has 22 heavy (non-hydrogen) atoms. The third kappa shape index (κ3) is 2.75. The maximum atomic E-state index is 6.27. The molecule has 0 radical (unpaired) electrons. The van der Waals surface area contributed by atoms with Gasteiger partial charge in [-0.1, -0.05) is 23.2 Å². The monoisotopic (exact) mass is 351 g/mol. The number of H-pyrrole nitrogens is 1. The van der Waals surface area contributed by atoms with E-state index in [0.717, 1.165) is 17.0 Å². The highest BCUT2D eigenvalue weighted by Gasteiger charge is 2.14. The second kappa shape index (κ2) is 6.12. The van der Waals surface area contributed by atoms with Gasteiger partial charge in [0.05, 0.1) is 17.8 Å². The Bertz CT molecular complexity index is 871. The van der Waals surface area contributed by atoms with Gasteiger partial charge in [0.25, 0.3) is 0 Å². The van der Waals surface area contributed by atoms with E-state index in [9.17, 15) is 0 Å². The lowest BCUT2D eigenvalue weighted by Crippen LogP contribution is -1.98. The molecule has 4 nitrogen and oxygen atoms in total. The van der Waals surface area contributed by atoms with E-state index in [4.69, 9.17) is 40.2 Å². The van der Waals surface area contributed by atoms with Gasteiger partial charge in [0, 0.05) is 10.6 Å². The van der Waals surface area contributed by atoms with Gasteiger partial charge in [0.1, 0.15) is 5.75 Å². The number of methoxy groups -OCH3 is 1. The van der Waals surface area contributed by atoms with Crippen molar-refractivity contribution in [2.24, 2.45) is 0 Å². The van der Waals surface area contributed by atoms with Crippen LogP contribution < -0.4 is 4.74 Å². The minimum Gasteiger partial charge on any atom is -0.497 e. The summed E-state index contributed by atoms with van der Waals surface area (Å²) in [6, 6.07) is 12.8. The van der Waals surface area contributed by atoms with Gasteiger partial charge in [-0.25, -0.2) is 0 Å². The number of benzene rings is 2. The van der Waals surface area contributed by atoms with Crippen LogP contribution in [0.2, 0.25) is 10.0 Å². The summed E-state index contributed by atoms with van der Waals surface area (Å²) >= 11 is 17.6. The van der Waals surface area contributed by atoms with Crippen LogP contribution in [0.25, 0.3) is 17.1 Å². The predicted molar refractivity (Wildman–Crippen MR) is 90.8 cm³/mol. The lowest BCUT2D eigenvalue weighted by molar-refractivity contribution is 0.414. The first-order valence-corrected chi connectivity index (χ1v) is 7.54. The van der Waals surface area contributed by atoms with Gasteiger partial charge in [-0.3, -0.25) is 9.67 Å². The third-order valence-electron chi connectivity index (χ3n) is 3.17. The van der Waals surface area contributed by atoms with E-state index in [1.54, 1.807) is 19.2 Å². The topological polar surface area (TPSA) is 42.8 Å². The molecule has 1 N–H and O–H groups in total. The Labute approximate surface area is 142 Å². The number of ether oxygens (including phenoxy) is 1. The predicted octanol–water partition coefficient (Wildman–Crippen LogP) is 4.91. The summed E-state index contributed by atoms with van der Waals surface area (Å²) < 4.78 is 7.46. The highest BCUT2D eigenvalue weighted by molar-refractivity contribution is 7.71. The van der Waals surface area contributed by atoms with E-state index < -0.39 is 0 Å². The van der Waals surface area contributed by atoms with Crippen LogP contribution in [0.1, 0.15) is 0 Å². The molecule has 0 aliphatic carbocycles. The van der Waals surface area contributed by atoms with Crippen molar-refractivity contribution in [3.8, 4) is 22.8 Å². The van der Waals surface area contributed by atoms with Crippen LogP contribution in [-0.2, 0) is 0 Å². The molecule has 0 atom stereocenters. The summed E-state index contributed by atoms with van der Waals surface area (Å²) in [6.07, 6.45) is 0. The van der Waals surface area contributed by atoms with Crippen LogP contribution in [0, 0.1) is 4.77 Å². The van der Waals surface area contributed by atoms with Crippen LogP contribution >= 0.6 is 35.4 Å². The summed E-state index contributed by atoms with van der Waals surface area (Å²) in [5, 5.41) is 8.16. The number of nitrogens with one attached hydrogen (secondary N) is 1. The van der Waals surface area contributed by atoms with E-state index in [1.165, 1.54) is 0 Å². The quantitative estimate of drug-likeness (QED) is 0.681. The zero-order valence-corrected chi connectivity index (χ0v) is 13.8. The largest absolute Gasteiger partial charge is 0.497 e. The number of hydrogen-bond donors (Lipinski definition) is 1. The minimum absolute atomic E-state index is 0.478. The molecule has 0 saturated carbocycles. The van der Waals surface area contributed by atoms with Crippen LogP contribution in [0.4, 0.5) is 0 Å². The molecule has 0 spiro atoms. The minimum atomic E-state index is 0.478. The molecule has 1 heterocycles. The van der Waals surface area contributed by atoms with Crippen molar-refractivity contribution < 1.29 is 4.74 Å². The zero-order valence-electron chi connectivity index (χ0n) is 11.5. The van der Waals surface area contributed by atoms with Gasteiger partial charge in [-0.15, -0.1) is 0 Å². The third-order valence-corrected chi connectivity index (χ3v) is 4.00. The maximum Gasteiger partial charge on any atom is 0.200 e. The van der Waals surface area contributed by atoms with Crippen molar-refractivity contribution in [2.75, 3.05) is 7.11 Å². The SMILES string of the molecule is COc1ccc(-n2c(-c3ccc(Cl)cc3Cl)n[nH]c2=S)cc1. The molecule has 112 valence electrons. The highest BCUT2D eigenvalue weighted by atomic mass is 35.5. The van der Waals surface area contributed by atoms with Crippen molar-refractivity contribution >= 4 is 35.4 Å².